The van der Waals surface area contributed by atoms with E-state index in [1.165, 1.54) is 6.42 Å². The first-order valence-corrected chi connectivity index (χ1v) is 6.61. The van der Waals surface area contributed by atoms with Crippen LogP contribution in [0.15, 0.2) is 12.4 Å². The predicted molar refractivity (Wildman–Crippen MR) is 65.4 cm³/mol. The molecular weight excluding hydrogens is 216 g/mol. The van der Waals surface area contributed by atoms with Crippen LogP contribution >= 0.6 is 0 Å². The first kappa shape index (κ1) is 12.6. The highest BCUT2D eigenvalue weighted by Crippen LogP contribution is 2.31. The van der Waals surface area contributed by atoms with Crippen LogP contribution in [0.5, 0.6) is 0 Å². The second-order valence-electron chi connectivity index (χ2n) is 4.90. The van der Waals surface area contributed by atoms with Crippen LogP contribution in [0.4, 0.5) is 0 Å². The number of aromatic nitrogens is 2. The summed E-state index contributed by atoms with van der Waals surface area (Å²) in [6.45, 7) is 2.77. The van der Waals surface area contributed by atoms with E-state index in [-0.39, 0.29) is 5.92 Å². The van der Waals surface area contributed by atoms with Gasteiger partial charge in [-0.25, -0.2) is 4.98 Å². The smallest absolute Gasteiger partial charge is 0.140 e. The molecule has 0 aromatic carbocycles. The average Bonchev–Trinajstić information content (AvgIpc) is 2.86. The molecule has 1 fully saturated rings. The van der Waals surface area contributed by atoms with Gasteiger partial charge in [-0.05, 0) is 25.7 Å². The molecule has 4 heteroatoms. The van der Waals surface area contributed by atoms with Gasteiger partial charge in [-0.15, -0.1) is 0 Å². The SMILES string of the molecule is CCn1ccnc1C(O)C(O)C1CCCCC1. The first-order chi connectivity index (χ1) is 8.24. The van der Waals surface area contributed by atoms with Gasteiger partial charge in [0.2, 0.25) is 0 Å². The normalized spacial score (nSPS) is 21.4. The van der Waals surface area contributed by atoms with E-state index >= 15 is 0 Å². The molecule has 0 saturated heterocycles. The summed E-state index contributed by atoms with van der Waals surface area (Å²) in [5.74, 6) is 0.811. The minimum absolute atomic E-state index is 0.223. The van der Waals surface area contributed by atoms with Crippen LogP contribution in [0.3, 0.4) is 0 Å². The summed E-state index contributed by atoms with van der Waals surface area (Å²) in [7, 11) is 0. The van der Waals surface area contributed by atoms with Crippen LogP contribution in [0.1, 0.15) is 51.0 Å². The molecule has 2 N–H and O–H groups in total. The van der Waals surface area contributed by atoms with Crippen molar-refractivity contribution < 1.29 is 10.2 Å². The summed E-state index contributed by atoms with van der Waals surface area (Å²) < 4.78 is 1.89. The van der Waals surface area contributed by atoms with E-state index in [0.29, 0.717) is 5.82 Å². The fraction of sp³-hybridized carbons (Fsp3) is 0.769. The Kier molecular flexibility index (Phi) is 4.18. The third-order valence-corrected chi connectivity index (χ3v) is 3.81. The van der Waals surface area contributed by atoms with Gasteiger partial charge in [0.15, 0.2) is 0 Å². The highest BCUT2D eigenvalue weighted by atomic mass is 16.3. The summed E-state index contributed by atoms with van der Waals surface area (Å²) in [6.07, 6.45) is 7.60. The van der Waals surface area contributed by atoms with E-state index in [0.717, 1.165) is 32.2 Å². The van der Waals surface area contributed by atoms with Crippen molar-refractivity contribution in [2.75, 3.05) is 0 Å². The van der Waals surface area contributed by atoms with E-state index in [2.05, 4.69) is 4.98 Å². The van der Waals surface area contributed by atoms with E-state index < -0.39 is 12.2 Å². The minimum atomic E-state index is -0.854. The summed E-state index contributed by atoms with van der Waals surface area (Å²) in [5, 5.41) is 20.4. The van der Waals surface area contributed by atoms with E-state index in [9.17, 15) is 10.2 Å². The van der Waals surface area contributed by atoms with Crippen molar-refractivity contribution in [2.45, 2.75) is 57.8 Å². The lowest BCUT2D eigenvalue weighted by molar-refractivity contribution is -0.0341. The minimum Gasteiger partial charge on any atom is -0.390 e. The molecule has 96 valence electrons. The van der Waals surface area contributed by atoms with Crippen molar-refractivity contribution in [1.29, 1.82) is 0 Å². The van der Waals surface area contributed by atoms with Crippen LogP contribution in [-0.4, -0.2) is 25.9 Å². The lowest BCUT2D eigenvalue weighted by atomic mass is 9.83. The lowest BCUT2D eigenvalue weighted by Crippen LogP contribution is -2.31. The van der Waals surface area contributed by atoms with Crippen LogP contribution < -0.4 is 0 Å². The lowest BCUT2D eigenvalue weighted by Gasteiger charge is -2.29. The van der Waals surface area contributed by atoms with Crippen molar-refractivity contribution >= 4 is 0 Å². The number of aliphatic hydroxyl groups is 2. The topological polar surface area (TPSA) is 58.3 Å². The number of nitrogens with zero attached hydrogens (tertiary/aromatic N) is 2. The number of rotatable bonds is 4. The number of aliphatic hydroxyl groups excluding tert-OH is 2. The predicted octanol–water partition coefficient (Wildman–Crippen LogP) is 1.88. The second kappa shape index (κ2) is 5.65. The van der Waals surface area contributed by atoms with E-state index in [4.69, 9.17) is 0 Å². The Hall–Kier alpha value is -0.870. The van der Waals surface area contributed by atoms with Crippen LogP contribution in [0, 0.1) is 5.92 Å². The molecule has 2 atom stereocenters. The van der Waals surface area contributed by atoms with Gasteiger partial charge in [0, 0.05) is 18.9 Å². The Balaban J connectivity index is 2.05. The van der Waals surface area contributed by atoms with Gasteiger partial charge in [0.1, 0.15) is 11.9 Å². The largest absolute Gasteiger partial charge is 0.390 e. The quantitative estimate of drug-likeness (QED) is 0.842. The third kappa shape index (κ3) is 2.69. The Morgan fingerprint density at radius 3 is 2.71 bits per heavy atom. The monoisotopic (exact) mass is 238 g/mol. The number of hydrogen-bond acceptors (Lipinski definition) is 3. The van der Waals surface area contributed by atoms with Crippen molar-refractivity contribution in [3.05, 3.63) is 18.2 Å². The molecule has 0 radical (unpaired) electrons. The molecular formula is C13H22N2O2. The molecule has 0 amide bonds. The van der Waals surface area contributed by atoms with Crippen molar-refractivity contribution in [3.8, 4) is 0 Å². The third-order valence-electron chi connectivity index (χ3n) is 3.81. The number of imidazole rings is 1. The zero-order chi connectivity index (χ0) is 12.3. The maximum absolute atomic E-state index is 10.2. The summed E-state index contributed by atoms with van der Waals surface area (Å²) in [5.41, 5.74) is 0. The fourth-order valence-electron chi connectivity index (χ4n) is 2.74. The summed E-state index contributed by atoms with van der Waals surface area (Å²) >= 11 is 0. The van der Waals surface area contributed by atoms with E-state index in [1.807, 2.05) is 17.7 Å². The molecule has 1 aromatic heterocycles. The van der Waals surface area contributed by atoms with Gasteiger partial charge in [-0.1, -0.05) is 19.3 Å². The molecule has 2 unspecified atom stereocenters. The Morgan fingerprint density at radius 1 is 1.35 bits per heavy atom. The molecule has 1 aliphatic carbocycles. The molecule has 1 aliphatic rings. The molecule has 1 aromatic rings. The second-order valence-corrected chi connectivity index (χ2v) is 4.90. The van der Waals surface area contributed by atoms with Gasteiger partial charge in [-0.2, -0.15) is 0 Å². The molecule has 1 heterocycles. The molecule has 0 aliphatic heterocycles. The molecule has 0 spiro atoms. The van der Waals surface area contributed by atoms with Crippen LogP contribution in [0.2, 0.25) is 0 Å². The van der Waals surface area contributed by atoms with E-state index in [1.54, 1.807) is 6.20 Å². The molecule has 17 heavy (non-hydrogen) atoms. The zero-order valence-corrected chi connectivity index (χ0v) is 10.4. The Labute approximate surface area is 102 Å². The van der Waals surface area contributed by atoms with Gasteiger partial charge >= 0.3 is 0 Å². The summed E-state index contributed by atoms with van der Waals surface area (Å²) in [4.78, 5) is 4.16. The fourth-order valence-corrected chi connectivity index (χ4v) is 2.74. The maximum atomic E-state index is 10.2. The van der Waals surface area contributed by atoms with Gasteiger partial charge < -0.3 is 14.8 Å². The van der Waals surface area contributed by atoms with Crippen molar-refractivity contribution in [3.63, 3.8) is 0 Å². The first-order valence-electron chi connectivity index (χ1n) is 6.61. The van der Waals surface area contributed by atoms with Crippen molar-refractivity contribution in [1.82, 2.24) is 9.55 Å². The highest BCUT2D eigenvalue weighted by Gasteiger charge is 2.30. The Morgan fingerprint density at radius 2 is 2.06 bits per heavy atom. The Bertz CT molecular complexity index is 345. The maximum Gasteiger partial charge on any atom is 0.140 e. The van der Waals surface area contributed by atoms with Gasteiger partial charge in [0.05, 0.1) is 6.10 Å². The number of aryl methyl sites for hydroxylation is 1. The summed E-state index contributed by atoms with van der Waals surface area (Å²) in [6, 6.07) is 0. The average molecular weight is 238 g/mol. The standard InChI is InChI=1S/C13H22N2O2/c1-2-15-9-8-14-13(15)12(17)11(16)10-6-4-3-5-7-10/h8-12,16-17H,2-7H2,1H3. The molecule has 1 saturated carbocycles. The molecule has 4 nitrogen and oxygen atoms in total. The van der Waals surface area contributed by atoms with Crippen LogP contribution in [0.25, 0.3) is 0 Å². The van der Waals surface area contributed by atoms with Gasteiger partial charge in [-0.3, -0.25) is 0 Å². The molecule has 2 rings (SSSR count). The van der Waals surface area contributed by atoms with Gasteiger partial charge in [0.25, 0.3) is 0 Å². The number of hydrogen-bond donors (Lipinski definition) is 2. The highest BCUT2D eigenvalue weighted by molar-refractivity contribution is 5.00. The molecule has 0 bridgehead atoms. The zero-order valence-electron chi connectivity index (χ0n) is 10.4. The van der Waals surface area contributed by atoms with Crippen molar-refractivity contribution in [2.24, 2.45) is 5.92 Å². The van der Waals surface area contributed by atoms with Crippen LogP contribution in [-0.2, 0) is 6.54 Å².